The molecule has 1 N–H and O–H groups in total. The third kappa shape index (κ3) is 4.05. The summed E-state index contributed by atoms with van der Waals surface area (Å²) in [4.78, 5) is 36.7. The lowest BCUT2D eigenvalue weighted by Crippen LogP contribution is -2.38. The van der Waals surface area contributed by atoms with Crippen molar-refractivity contribution in [3.05, 3.63) is 10.1 Å². The fraction of sp³-hybridized carbons (Fsp3) is 0.750. The minimum absolute atomic E-state index is 0.0591. The van der Waals surface area contributed by atoms with Gasteiger partial charge in [0.15, 0.2) is 0 Å². The average Bonchev–Trinajstić information content (AvgIpc) is 2.49. The average molecular weight is 248 g/mol. The number of amides is 1. The molecule has 0 saturated carbocycles. The molecule has 0 spiro atoms. The lowest BCUT2D eigenvalue weighted by molar-refractivity contribution is -0.767. The van der Waals surface area contributed by atoms with Crippen LogP contribution in [0.1, 0.15) is 19.8 Å². The molecule has 0 aromatic rings. The molecule has 0 bridgehead atoms. The van der Waals surface area contributed by atoms with Crippen LogP contribution in [0, 0.1) is 10.1 Å². The van der Waals surface area contributed by atoms with Gasteiger partial charge in [0, 0.05) is 5.75 Å². The van der Waals surface area contributed by atoms with Crippen LogP contribution in [-0.4, -0.2) is 34.0 Å². The third-order valence-electron chi connectivity index (χ3n) is 2.01. The van der Waals surface area contributed by atoms with E-state index >= 15 is 0 Å². The summed E-state index contributed by atoms with van der Waals surface area (Å²) in [5.41, 5.74) is 0. The first-order chi connectivity index (χ1) is 7.49. The number of hydrogen-bond donors (Lipinski definition) is 1. The molecule has 16 heavy (non-hydrogen) atoms. The predicted molar refractivity (Wildman–Crippen MR) is 56.2 cm³/mol. The second-order valence-electron chi connectivity index (χ2n) is 3.42. The Balaban J connectivity index is 2.30. The van der Waals surface area contributed by atoms with Gasteiger partial charge in [0.05, 0.1) is 12.5 Å². The topological polar surface area (TPSA) is 98.5 Å². The summed E-state index contributed by atoms with van der Waals surface area (Å²) < 4.78 is 0. The number of rotatable bonds is 5. The molecule has 2 unspecified atom stereocenters. The maximum atomic E-state index is 11.4. The zero-order valence-electron chi connectivity index (χ0n) is 8.67. The van der Waals surface area contributed by atoms with E-state index in [1.807, 2.05) is 0 Å². The Kier molecular flexibility index (Phi) is 4.53. The lowest BCUT2D eigenvalue weighted by Gasteiger charge is -2.12. The van der Waals surface area contributed by atoms with Crippen LogP contribution >= 0.6 is 11.8 Å². The molecule has 1 heterocycles. The Labute approximate surface area is 96.0 Å². The van der Waals surface area contributed by atoms with Crippen molar-refractivity contribution in [2.45, 2.75) is 31.9 Å². The second-order valence-corrected chi connectivity index (χ2v) is 4.52. The summed E-state index contributed by atoms with van der Waals surface area (Å²) >= 11 is 1.18. The molecule has 2 atom stereocenters. The summed E-state index contributed by atoms with van der Waals surface area (Å²) in [6.45, 7) is 1.42. The van der Waals surface area contributed by atoms with E-state index in [9.17, 15) is 19.7 Å². The van der Waals surface area contributed by atoms with Crippen molar-refractivity contribution in [2.24, 2.45) is 0 Å². The smallest absolute Gasteiger partial charge is 0.294 e. The highest BCUT2D eigenvalue weighted by Crippen LogP contribution is 2.19. The van der Waals surface area contributed by atoms with Gasteiger partial charge in [-0.25, -0.2) is 0 Å². The second kappa shape index (κ2) is 5.69. The fourth-order valence-corrected chi connectivity index (χ4v) is 2.26. The highest BCUT2D eigenvalue weighted by molar-refractivity contribution is 8.14. The van der Waals surface area contributed by atoms with Crippen molar-refractivity contribution >= 4 is 22.8 Å². The molecule has 1 amide bonds. The Morgan fingerprint density at radius 3 is 3.00 bits per heavy atom. The standard InChI is InChI=1S/C8H12N2O5S/c1-5(15-10(13)14)4-7(11)9-6-2-3-16-8(6)12/h5-6H,2-4H2,1H3,(H,9,11). The number of carbonyl (C=O) groups is 2. The molecule has 1 fully saturated rings. The molecule has 7 nitrogen and oxygen atoms in total. The van der Waals surface area contributed by atoms with Crippen LogP contribution < -0.4 is 5.32 Å². The van der Waals surface area contributed by atoms with E-state index in [-0.39, 0.29) is 11.5 Å². The zero-order chi connectivity index (χ0) is 12.1. The van der Waals surface area contributed by atoms with Gasteiger partial charge in [-0.05, 0) is 13.3 Å². The van der Waals surface area contributed by atoms with E-state index in [0.29, 0.717) is 12.2 Å². The summed E-state index contributed by atoms with van der Waals surface area (Å²) in [6.07, 6.45) is -0.325. The number of nitrogens with zero attached hydrogens (tertiary/aromatic N) is 1. The Morgan fingerprint density at radius 1 is 1.81 bits per heavy atom. The maximum Gasteiger partial charge on any atom is 0.294 e. The van der Waals surface area contributed by atoms with E-state index < -0.39 is 23.1 Å². The van der Waals surface area contributed by atoms with Crippen molar-refractivity contribution in [1.82, 2.24) is 5.32 Å². The van der Waals surface area contributed by atoms with E-state index in [4.69, 9.17) is 0 Å². The molecule has 1 aliphatic heterocycles. The van der Waals surface area contributed by atoms with Crippen LogP contribution in [0.3, 0.4) is 0 Å². The van der Waals surface area contributed by atoms with E-state index in [0.717, 1.165) is 0 Å². The Hall–Kier alpha value is -1.31. The quantitative estimate of drug-likeness (QED) is 0.548. The minimum atomic E-state index is -0.936. The van der Waals surface area contributed by atoms with Crippen molar-refractivity contribution in [3.63, 3.8) is 0 Å². The van der Waals surface area contributed by atoms with Gasteiger partial charge in [-0.3, -0.25) is 9.59 Å². The van der Waals surface area contributed by atoms with Crippen LogP contribution in [0.4, 0.5) is 0 Å². The van der Waals surface area contributed by atoms with Gasteiger partial charge in [-0.2, -0.15) is 0 Å². The Bertz CT molecular complexity index is 309. The first-order valence-corrected chi connectivity index (χ1v) is 5.74. The van der Waals surface area contributed by atoms with Crippen LogP contribution in [0.25, 0.3) is 0 Å². The van der Waals surface area contributed by atoms with Gasteiger partial charge in [-0.15, -0.1) is 10.1 Å². The van der Waals surface area contributed by atoms with Gasteiger partial charge >= 0.3 is 0 Å². The molecule has 0 aromatic heterocycles. The highest BCUT2D eigenvalue weighted by atomic mass is 32.2. The summed E-state index contributed by atoms with van der Waals surface area (Å²) in [7, 11) is 0. The molecule has 1 saturated heterocycles. The molecular weight excluding hydrogens is 236 g/mol. The van der Waals surface area contributed by atoms with Crippen LogP contribution in [-0.2, 0) is 14.4 Å². The summed E-state index contributed by atoms with van der Waals surface area (Å²) in [6, 6.07) is -0.458. The maximum absolute atomic E-state index is 11.4. The molecule has 0 aromatic carbocycles. The summed E-state index contributed by atoms with van der Waals surface area (Å²) in [5.74, 6) is 0.292. The van der Waals surface area contributed by atoms with Crippen LogP contribution in [0.2, 0.25) is 0 Å². The normalized spacial score (nSPS) is 21.6. The van der Waals surface area contributed by atoms with Crippen molar-refractivity contribution < 1.29 is 19.5 Å². The lowest BCUT2D eigenvalue weighted by atomic mass is 10.2. The molecule has 1 aliphatic rings. The fourth-order valence-electron chi connectivity index (χ4n) is 1.33. The van der Waals surface area contributed by atoms with E-state index in [2.05, 4.69) is 10.2 Å². The molecule has 0 aliphatic carbocycles. The van der Waals surface area contributed by atoms with Crippen molar-refractivity contribution in [2.75, 3.05) is 5.75 Å². The number of carbonyl (C=O) groups excluding carboxylic acids is 2. The van der Waals surface area contributed by atoms with Gasteiger partial charge in [0.25, 0.3) is 5.09 Å². The number of nitrogens with one attached hydrogen (secondary N) is 1. The Morgan fingerprint density at radius 2 is 2.50 bits per heavy atom. The van der Waals surface area contributed by atoms with Gasteiger partial charge in [0.2, 0.25) is 11.0 Å². The minimum Gasteiger partial charge on any atom is -0.345 e. The first-order valence-electron chi connectivity index (χ1n) is 4.76. The SMILES string of the molecule is CC(CC(=O)NC1CCSC1=O)O[N+](=O)[O-]. The largest absolute Gasteiger partial charge is 0.345 e. The van der Waals surface area contributed by atoms with Crippen molar-refractivity contribution in [3.8, 4) is 0 Å². The molecule has 8 heteroatoms. The van der Waals surface area contributed by atoms with Crippen LogP contribution in [0.15, 0.2) is 0 Å². The number of thioether (sulfide) groups is 1. The first kappa shape index (κ1) is 12.8. The van der Waals surface area contributed by atoms with Gasteiger partial charge < -0.3 is 10.2 Å². The zero-order valence-corrected chi connectivity index (χ0v) is 9.49. The van der Waals surface area contributed by atoms with Gasteiger partial charge in [-0.1, -0.05) is 11.8 Å². The highest BCUT2D eigenvalue weighted by Gasteiger charge is 2.27. The molecular formula is C8H12N2O5S. The number of hydrogen-bond acceptors (Lipinski definition) is 6. The molecule has 90 valence electrons. The van der Waals surface area contributed by atoms with Crippen LogP contribution in [0.5, 0.6) is 0 Å². The van der Waals surface area contributed by atoms with E-state index in [1.165, 1.54) is 18.7 Å². The van der Waals surface area contributed by atoms with Crippen molar-refractivity contribution in [1.29, 1.82) is 0 Å². The molecule has 1 rings (SSSR count). The monoisotopic (exact) mass is 248 g/mol. The predicted octanol–water partition coefficient (Wildman–Crippen LogP) is 0.122. The van der Waals surface area contributed by atoms with E-state index in [1.54, 1.807) is 0 Å². The summed E-state index contributed by atoms with van der Waals surface area (Å²) in [5, 5.41) is 11.5. The third-order valence-corrected chi connectivity index (χ3v) is 3.02. The van der Waals surface area contributed by atoms with Gasteiger partial charge in [0.1, 0.15) is 6.10 Å². The molecule has 0 radical (unpaired) electrons.